The predicted molar refractivity (Wildman–Crippen MR) is 83.6 cm³/mol. The molecule has 2 aromatic heterocycles. The Labute approximate surface area is 120 Å². The number of hydrogen-bond donors (Lipinski definition) is 2. The minimum absolute atomic E-state index is 0.633. The minimum Gasteiger partial charge on any atom is -0.375 e. The Balaban J connectivity index is 1.66. The minimum atomic E-state index is 0.633. The molecule has 0 saturated heterocycles. The van der Waals surface area contributed by atoms with Gasteiger partial charge >= 0.3 is 0 Å². The SMILES string of the molecule is Cc1cscc1CNCc1ccc2nc(N)sc2c1. The highest BCUT2D eigenvalue weighted by molar-refractivity contribution is 7.22. The molecule has 0 aliphatic heterocycles. The molecule has 98 valence electrons. The smallest absolute Gasteiger partial charge is 0.181 e. The fourth-order valence-corrected chi connectivity index (χ4v) is 3.66. The average Bonchev–Trinajstić information content (AvgIpc) is 2.94. The molecule has 3 rings (SSSR count). The largest absolute Gasteiger partial charge is 0.375 e. The van der Waals surface area contributed by atoms with E-state index in [0.29, 0.717) is 5.13 Å². The van der Waals surface area contributed by atoms with E-state index in [1.54, 1.807) is 22.7 Å². The number of nitrogen functional groups attached to an aromatic ring is 1. The second kappa shape index (κ2) is 5.28. The quantitative estimate of drug-likeness (QED) is 0.772. The number of rotatable bonds is 4. The molecular weight excluding hydrogens is 274 g/mol. The number of thiazole rings is 1. The zero-order chi connectivity index (χ0) is 13.2. The van der Waals surface area contributed by atoms with E-state index in [-0.39, 0.29) is 0 Å². The Kier molecular flexibility index (Phi) is 3.50. The molecule has 19 heavy (non-hydrogen) atoms. The standard InChI is InChI=1S/C14H15N3S2/c1-9-7-18-8-11(9)6-16-5-10-2-3-12-13(4-10)19-14(15)17-12/h2-4,7-8,16H,5-6H2,1H3,(H2,15,17). The molecule has 5 heteroatoms. The number of benzene rings is 1. The first-order valence-electron chi connectivity index (χ1n) is 6.10. The van der Waals surface area contributed by atoms with Crippen molar-refractivity contribution in [3.8, 4) is 0 Å². The van der Waals surface area contributed by atoms with Gasteiger partial charge in [0.05, 0.1) is 10.2 Å². The Morgan fingerprint density at radius 3 is 2.95 bits per heavy atom. The number of aromatic nitrogens is 1. The number of aryl methyl sites for hydroxylation is 1. The second-order valence-electron chi connectivity index (χ2n) is 4.54. The monoisotopic (exact) mass is 289 g/mol. The number of fused-ring (bicyclic) bond motifs is 1. The second-order valence-corrected chi connectivity index (χ2v) is 6.34. The first-order chi connectivity index (χ1) is 9.22. The fraction of sp³-hybridized carbons (Fsp3) is 0.214. The molecule has 3 nitrogen and oxygen atoms in total. The highest BCUT2D eigenvalue weighted by Gasteiger charge is 2.03. The zero-order valence-electron chi connectivity index (χ0n) is 10.6. The van der Waals surface area contributed by atoms with Gasteiger partial charge in [-0.3, -0.25) is 0 Å². The Hall–Kier alpha value is -1.43. The topological polar surface area (TPSA) is 50.9 Å². The fourth-order valence-electron chi connectivity index (χ4n) is 2.01. The summed E-state index contributed by atoms with van der Waals surface area (Å²) < 4.78 is 1.16. The highest BCUT2D eigenvalue weighted by atomic mass is 32.1. The third kappa shape index (κ3) is 2.78. The Morgan fingerprint density at radius 1 is 1.26 bits per heavy atom. The van der Waals surface area contributed by atoms with Gasteiger partial charge in [-0.15, -0.1) is 0 Å². The molecule has 3 N–H and O–H groups in total. The molecule has 0 radical (unpaired) electrons. The molecule has 1 aromatic carbocycles. The van der Waals surface area contributed by atoms with Crippen molar-refractivity contribution in [2.45, 2.75) is 20.0 Å². The van der Waals surface area contributed by atoms with Crippen LogP contribution in [0.2, 0.25) is 0 Å². The number of nitrogens with zero attached hydrogens (tertiary/aromatic N) is 1. The summed E-state index contributed by atoms with van der Waals surface area (Å²) in [5, 5.41) is 8.50. The number of thiophene rings is 1. The van der Waals surface area contributed by atoms with Crippen molar-refractivity contribution in [1.82, 2.24) is 10.3 Å². The van der Waals surface area contributed by atoms with Crippen molar-refractivity contribution < 1.29 is 0 Å². The van der Waals surface area contributed by atoms with E-state index >= 15 is 0 Å². The molecule has 0 spiro atoms. The van der Waals surface area contributed by atoms with Gasteiger partial charge in [0.2, 0.25) is 0 Å². The van der Waals surface area contributed by atoms with E-state index < -0.39 is 0 Å². The number of anilines is 1. The van der Waals surface area contributed by atoms with Crippen LogP contribution in [0.4, 0.5) is 5.13 Å². The Morgan fingerprint density at radius 2 is 2.16 bits per heavy atom. The van der Waals surface area contributed by atoms with E-state index in [2.05, 4.69) is 40.1 Å². The lowest BCUT2D eigenvalue weighted by atomic mass is 10.2. The molecule has 0 atom stereocenters. The third-order valence-corrected chi connectivity index (χ3v) is 4.83. The van der Waals surface area contributed by atoms with Gasteiger partial charge in [-0.05, 0) is 46.5 Å². The average molecular weight is 289 g/mol. The summed E-state index contributed by atoms with van der Waals surface area (Å²) in [6.45, 7) is 3.93. The van der Waals surface area contributed by atoms with Gasteiger partial charge in [0.1, 0.15) is 0 Å². The first-order valence-corrected chi connectivity index (χ1v) is 7.85. The maximum atomic E-state index is 5.71. The van der Waals surface area contributed by atoms with Crippen LogP contribution in [0.5, 0.6) is 0 Å². The number of nitrogens with two attached hydrogens (primary N) is 1. The van der Waals surface area contributed by atoms with Gasteiger partial charge in [0.15, 0.2) is 5.13 Å². The van der Waals surface area contributed by atoms with Gasteiger partial charge in [-0.2, -0.15) is 11.3 Å². The van der Waals surface area contributed by atoms with Crippen LogP contribution in [0.1, 0.15) is 16.7 Å². The van der Waals surface area contributed by atoms with Crippen LogP contribution in [0.15, 0.2) is 29.0 Å². The molecule has 2 heterocycles. The molecule has 0 bridgehead atoms. The zero-order valence-corrected chi connectivity index (χ0v) is 12.3. The maximum absolute atomic E-state index is 5.71. The molecular formula is C14H15N3S2. The molecule has 0 saturated carbocycles. The van der Waals surface area contributed by atoms with Crippen LogP contribution in [-0.2, 0) is 13.1 Å². The lowest BCUT2D eigenvalue weighted by molar-refractivity contribution is 0.693. The van der Waals surface area contributed by atoms with Crippen LogP contribution in [0.25, 0.3) is 10.2 Å². The molecule has 0 fully saturated rings. The van der Waals surface area contributed by atoms with E-state index in [1.807, 2.05) is 6.07 Å². The van der Waals surface area contributed by atoms with E-state index in [9.17, 15) is 0 Å². The van der Waals surface area contributed by atoms with Crippen LogP contribution in [-0.4, -0.2) is 4.98 Å². The van der Waals surface area contributed by atoms with Crippen molar-refractivity contribution in [1.29, 1.82) is 0 Å². The predicted octanol–water partition coefficient (Wildman–Crippen LogP) is 3.54. The van der Waals surface area contributed by atoms with Gasteiger partial charge < -0.3 is 11.1 Å². The lowest BCUT2D eigenvalue weighted by Crippen LogP contribution is -2.12. The third-order valence-electron chi connectivity index (χ3n) is 3.08. The van der Waals surface area contributed by atoms with Crippen molar-refractivity contribution in [2.24, 2.45) is 0 Å². The van der Waals surface area contributed by atoms with Crippen molar-refractivity contribution in [3.63, 3.8) is 0 Å². The van der Waals surface area contributed by atoms with Gasteiger partial charge in [-0.1, -0.05) is 17.4 Å². The summed E-state index contributed by atoms with van der Waals surface area (Å²) in [5.41, 5.74) is 10.7. The first kappa shape index (κ1) is 12.6. The van der Waals surface area contributed by atoms with Gasteiger partial charge in [0.25, 0.3) is 0 Å². The molecule has 3 aromatic rings. The normalized spacial score (nSPS) is 11.2. The van der Waals surface area contributed by atoms with Crippen LogP contribution >= 0.6 is 22.7 Å². The van der Waals surface area contributed by atoms with Crippen LogP contribution in [0, 0.1) is 6.92 Å². The molecule has 0 aliphatic rings. The Bertz CT molecular complexity index is 700. The molecule has 0 unspecified atom stereocenters. The molecule has 0 amide bonds. The maximum Gasteiger partial charge on any atom is 0.181 e. The summed E-state index contributed by atoms with van der Waals surface area (Å²) in [5.74, 6) is 0. The number of nitrogens with one attached hydrogen (secondary N) is 1. The summed E-state index contributed by atoms with van der Waals surface area (Å²) >= 11 is 3.30. The summed E-state index contributed by atoms with van der Waals surface area (Å²) in [7, 11) is 0. The summed E-state index contributed by atoms with van der Waals surface area (Å²) in [4.78, 5) is 4.26. The van der Waals surface area contributed by atoms with Crippen molar-refractivity contribution in [2.75, 3.05) is 5.73 Å². The summed E-state index contributed by atoms with van der Waals surface area (Å²) in [6, 6.07) is 6.31. The van der Waals surface area contributed by atoms with Gasteiger partial charge in [0, 0.05) is 13.1 Å². The van der Waals surface area contributed by atoms with E-state index in [4.69, 9.17) is 5.73 Å². The molecule has 0 aliphatic carbocycles. The van der Waals surface area contributed by atoms with Crippen molar-refractivity contribution in [3.05, 3.63) is 45.6 Å². The number of hydrogen-bond acceptors (Lipinski definition) is 5. The van der Waals surface area contributed by atoms with Crippen molar-refractivity contribution >= 4 is 38.0 Å². The summed E-state index contributed by atoms with van der Waals surface area (Å²) in [6.07, 6.45) is 0. The van der Waals surface area contributed by atoms with Crippen LogP contribution in [0.3, 0.4) is 0 Å². The van der Waals surface area contributed by atoms with Crippen LogP contribution < -0.4 is 11.1 Å². The van der Waals surface area contributed by atoms with E-state index in [1.165, 1.54) is 16.7 Å². The van der Waals surface area contributed by atoms with E-state index in [0.717, 1.165) is 23.3 Å². The highest BCUT2D eigenvalue weighted by Crippen LogP contribution is 2.24. The lowest BCUT2D eigenvalue weighted by Gasteiger charge is -2.04. The van der Waals surface area contributed by atoms with Gasteiger partial charge in [-0.25, -0.2) is 4.98 Å².